The van der Waals surface area contributed by atoms with Gasteiger partial charge in [-0.25, -0.2) is 9.78 Å². The standard InChI is InChI=1S/C23H15NO4/c1-26-17-6-2-14(3-7-17)20-11-19(18-8-5-16(12-25)24-23(18)20)15-4-9-21-22(10-15)28-13-27-21/h2-11H,13H2,1H3. The molecule has 28 heavy (non-hydrogen) atoms. The van der Waals surface area contributed by atoms with Crippen LogP contribution in [0.15, 0.2) is 60.7 Å². The summed E-state index contributed by atoms with van der Waals surface area (Å²) in [5.41, 5.74) is 4.72. The minimum Gasteiger partial charge on any atom is -0.497 e. The quantitative estimate of drug-likeness (QED) is 0.707. The lowest BCUT2D eigenvalue weighted by Gasteiger charge is -2.05. The number of pyridine rings is 1. The summed E-state index contributed by atoms with van der Waals surface area (Å²) in [6.45, 7) is 0.234. The van der Waals surface area contributed by atoms with Crippen LogP contribution in [0.4, 0.5) is 0 Å². The van der Waals surface area contributed by atoms with E-state index < -0.39 is 0 Å². The maximum Gasteiger partial charge on any atom is 0.231 e. The highest BCUT2D eigenvalue weighted by molar-refractivity contribution is 5.95. The van der Waals surface area contributed by atoms with Crippen molar-refractivity contribution in [2.24, 2.45) is 0 Å². The molecule has 0 unspecified atom stereocenters. The Bertz CT molecular complexity index is 1270. The fraction of sp³-hybridized carbons (Fsp3) is 0.0870. The molecule has 1 aromatic heterocycles. The average Bonchev–Trinajstić information content (AvgIpc) is 3.37. The first kappa shape index (κ1) is 16.4. The van der Waals surface area contributed by atoms with Crippen LogP contribution in [0.2, 0.25) is 0 Å². The van der Waals surface area contributed by atoms with Crippen LogP contribution in [-0.2, 0) is 4.79 Å². The Kier molecular flexibility index (Phi) is 3.75. The zero-order valence-corrected chi connectivity index (χ0v) is 15.1. The summed E-state index contributed by atoms with van der Waals surface area (Å²) in [6.07, 6.45) is 2.09. The van der Waals surface area contributed by atoms with E-state index in [1.807, 2.05) is 54.5 Å². The van der Waals surface area contributed by atoms with Gasteiger partial charge in [0.2, 0.25) is 6.79 Å². The van der Waals surface area contributed by atoms with Crippen molar-refractivity contribution in [2.45, 2.75) is 0 Å². The molecule has 0 saturated carbocycles. The van der Waals surface area contributed by atoms with Crippen molar-refractivity contribution in [3.63, 3.8) is 0 Å². The van der Waals surface area contributed by atoms with Gasteiger partial charge in [0.15, 0.2) is 17.4 Å². The second-order valence-electron chi connectivity index (χ2n) is 6.46. The van der Waals surface area contributed by atoms with Gasteiger partial charge in [-0.2, -0.15) is 0 Å². The number of aromatic nitrogens is 1. The monoisotopic (exact) mass is 369 g/mol. The molecule has 136 valence electrons. The van der Waals surface area contributed by atoms with Gasteiger partial charge in [-0.3, -0.25) is 0 Å². The maximum absolute atomic E-state index is 11.2. The molecule has 0 amide bonds. The maximum atomic E-state index is 11.2. The largest absolute Gasteiger partial charge is 0.497 e. The number of fused-ring (bicyclic) bond motifs is 2. The second kappa shape index (κ2) is 6.41. The van der Waals surface area contributed by atoms with Gasteiger partial charge in [0.05, 0.1) is 12.8 Å². The third kappa shape index (κ3) is 2.57. The van der Waals surface area contributed by atoms with Crippen LogP contribution in [0.25, 0.3) is 11.1 Å². The molecule has 2 aromatic carbocycles. The molecule has 1 aliphatic heterocycles. The number of allylic oxidation sites excluding steroid dienone is 1. The SMILES string of the molecule is COc1ccc(C2=CC(c3ccc4c(c3)OCO4)=c3ccc(=C=O)nc32)cc1. The van der Waals surface area contributed by atoms with Crippen molar-refractivity contribution in [2.75, 3.05) is 13.9 Å². The van der Waals surface area contributed by atoms with Crippen LogP contribution in [-0.4, -0.2) is 24.8 Å². The smallest absolute Gasteiger partial charge is 0.231 e. The number of methoxy groups -OCH3 is 1. The lowest BCUT2D eigenvalue weighted by Crippen LogP contribution is -2.19. The van der Waals surface area contributed by atoms with Crippen molar-refractivity contribution in [3.8, 4) is 17.2 Å². The molecule has 5 heteroatoms. The van der Waals surface area contributed by atoms with E-state index in [4.69, 9.17) is 14.2 Å². The van der Waals surface area contributed by atoms with E-state index in [-0.39, 0.29) is 12.1 Å². The predicted octanol–water partition coefficient (Wildman–Crippen LogP) is 1.97. The van der Waals surface area contributed by atoms with E-state index >= 15 is 0 Å². The Labute approximate surface area is 160 Å². The third-order valence-electron chi connectivity index (χ3n) is 4.92. The summed E-state index contributed by atoms with van der Waals surface area (Å²) in [5.74, 6) is 4.13. The molecule has 0 radical (unpaired) electrons. The number of carbonyl (C=O) groups excluding carboxylic acids is 1. The molecule has 0 N–H and O–H groups in total. The van der Waals surface area contributed by atoms with Gasteiger partial charge < -0.3 is 14.2 Å². The van der Waals surface area contributed by atoms with Crippen molar-refractivity contribution in [1.82, 2.24) is 4.98 Å². The molecule has 3 aromatic rings. The second-order valence-corrected chi connectivity index (χ2v) is 6.46. The topological polar surface area (TPSA) is 57.7 Å². The van der Waals surface area contributed by atoms with Gasteiger partial charge in [0.1, 0.15) is 11.1 Å². The summed E-state index contributed by atoms with van der Waals surface area (Å²) in [4.78, 5) is 15.7. The zero-order chi connectivity index (χ0) is 19.1. The van der Waals surface area contributed by atoms with E-state index in [9.17, 15) is 4.79 Å². The van der Waals surface area contributed by atoms with Crippen LogP contribution in [0.1, 0.15) is 16.8 Å². The Morgan fingerprint density at radius 1 is 0.964 bits per heavy atom. The first-order valence-corrected chi connectivity index (χ1v) is 8.80. The molecular formula is C23H15NO4. The summed E-state index contributed by atoms with van der Waals surface area (Å²) in [5, 5.41) is 1.24. The third-order valence-corrected chi connectivity index (χ3v) is 4.92. The first-order chi connectivity index (χ1) is 13.8. The van der Waals surface area contributed by atoms with E-state index in [1.54, 1.807) is 13.2 Å². The summed E-state index contributed by atoms with van der Waals surface area (Å²) < 4.78 is 16.2. The van der Waals surface area contributed by atoms with Crippen molar-refractivity contribution < 1.29 is 19.0 Å². The highest BCUT2D eigenvalue weighted by atomic mass is 16.7. The van der Waals surface area contributed by atoms with Gasteiger partial charge in [0.25, 0.3) is 0 Å². The number of hydrogen-bond donors (Lipinski definition) is 0. The molecular weight excluding hydrogens is 354 g/mol. The fourth-order valence-corrected chi connectivity index (χ4v) is 3.52. The van der Waals surface area contributed by atoms with Gasteiger partial charge in [-0.1, -0.05) is 18.2 Å². The summed E-state index contributed by atoms with van der Waals surface area (Å²) in [6, 6.07) is 17.2. The normalized spacial score (nSPS) is 13.8. The van der Waals surface area contributed by atoms with E-state index in [0.29, 0.717) is 0 Å². The molecule has 0 fully saturated rings. The van der Waals surface area contributed by atoms with Gasteiger partial charge in [0, 0.05) is 10.8 Å². The molecule has 2 heterocycles. The van der Waals surface area contributed by atoms with Crippen molar-refractivity contribution >= 4 is 17.1 Å². The highest BCUT2D eigenvalue weighted by Gasteiger charge is 2.21. The molecule has 0 saturated heterocycles. The number of benzene rings is 2. The Hall–Kier alpha value is -3.82. The molecule has 1 aliphatic carbocycles. The number of ether oxygens (including phenoxy) is 3. The summed E-state index contributed by atoms with van der Waals surface area (Å²) >= 11 is 0. The van der Waals surface area contributed by atoms with Gasteiger partial charge >= 0.3 is 0 Å². The van der Waals surface area contributed by atoms with E-state index in [0.717, 1.165) is 50.4 Å². The number of rotatable bonds is 3. The fourth-order valence-electron chi connectivity index (χ4n) is 3.52. The van der Waals surface area contributed by atoms with Crippen LogP contribution < -0.4 is 24.8 Å². The van der Waals surface area contributed by atoms with E-state index in [1.165, 1.54) is 0 Å². The predicted molar refractivity (Wildman–Crippen MR) is 103 cm³/mol. The Morgan fingerprint density at radius 2 is 1.75 bits per heavy atom. The van der Waals surface area contributed by atoms with E-state index in [2.05, 4.69) is 11.1 Å². The van der Waals surface area contributed by atoms with Crippen LogP contribution in [0, 0.1) is 0 Å². The van der Waals surface area contributed by atoms with Crippen LogP contribution in [0.5, 0.6) is 17.2 Å². The van der Waals surface area contributed by atoms with Gasteiger partial charge in [-0.05, 0) is 59.2 Å². The highest BCUT2D eigenvalue weighted by Crippen LogP contribution is 2.36. The zero-order valence-electron chi connectivity index (χ0n) is 15.1. The molecule has 0 atom stereocenters. The summed E-state index contributed by atoms with van der Waals surface area (Å²) in [7, 11) is 1.64. The number of hydrogen-bond acceptors (Lipinski definition) is 5. The molecule has 5 rings (SSSR count). The lowest BCUT2D eigenvalue weighted by molar-refractivity contribution is 0.174. The molecule has 2 aliphatic rings. The molecule has 0 bridgehead atoms. The lowest BCUT2D eigenvalue weighted by atomic mass is 10.0. The Morgan fingerprint density at radius 3 is 2.54 bits per heavy atom. The minimum atomic E-state index is 0.234. The average molecular weight is 369 g/mol. The van der Waals surface area contributed by atoms with Crippen molar-refractivity contribution in [3.05, 3.63) is 88.1 Å². The van der Waals surface area contributed by atoms with Gasteiger partial charge in [-0.15, -0.1) is 0 Å². The Balaban J connectivity index is 1.71. The molecule has 0 spiro atoms. The minimum absolute atomic E-state index is 0.234. The number of nitrogens with zero attached hydrogens (tertiary/aromatic N) is 1. The molecule has 5 nitrogen and oxygen atoms in total. The van der Waals surface area contributed by atoms with Crippen LogP contribution >= 0.6 is 0 Å². The first-order valence-electron chi connectivity index (χ1n) is 8.80. The van der Waals surface area contributed by atoms with Crippen molar-refractivity contribution in [1.29, 1.82) is 0 Å². The van der Waals surface area contributed by atoms with Crippen LogP contribution in [0.3, 0.4) is 0 Å².